The van der Waals surface area contributed by atoms with Crippen LogP contribution in [0.15, 0.2) is 6.20 Å². The fraction of sp³-hybridized carbons (Fsp3) is 0.667. The van der Waals surface area contributed by atoms with Crippen molar-refractivity contribution in [2.24, 2.45) is 11.8 Å². The highest BCUT2D eigenvalue weighted by molar-refractivity contribution is 6.32. The van der Waals surface area contributed by atoms with Crippen LogP contribution in [0.4, 0.5) is 5.82 Å². The second kappa shape index (κ2) is 5.54. The van der Waals surface area contributed by atoms with Gasteiger partial charge in [0.25, 0.3) is 0 Å². The van der Waals surface area contributed by atoms with Crippen LogP contribution in [-0.2, 0) is 0 Å². The Morgan fingerprint density at radius 1 is 1.53 bits per heavy atom. The summed E-state index contributed by atoms with van der Waals surface area (Å²) in [5, 5.41) is 3.84. The number of methoxy groups -OCH3 is 1. The van der Waals surface area contributed by atoms with Crippen molar-refractivity contribution in [3.05, 3.63) is 11.2 Å². The molecule has 2 unspecified atom stereocenters. The van der Waals surface area contributed by atoms with E-state index in [1.54, 1.807) is 13.3 Å². The van der Waals surface area contributed by atoms with Crippen LogP contribution < -0.4 is 10.1 Å². The molecule has 2 atom stereocenters. The van der Waals surface area contributed by atoms with Crippen molar-refractivity contribution >= 4 is 17.4 Å². The molecule has 2 rings (SSSR count). The fourth-order valence-corrected chi connectivity index (χ4v) is 2.48. The van der Waals surface area contributed by atoms with E-state index in [1.165, 1.54) is 19.3 Å². The minimum absolute atomic E-state index is 0.344. The Kier molecular flexibility index (Phi) is 4.05. The Bertz CT molecular complexity index is 386. The molecule has 94 valence electrons. The number of halogens is 1. The zero-order valence-corrected chi connectivity index (χ0v) is 11.0. The van der Waals surface area contributed by atoms with Crippen LogP contribution in [0.25, 0.3) is 0 Å². The van der Waals surface area contributed by atoms with E-state index in [9.17, 15) is 0 Å². The van der Waals surface area contributed by atoms with Gasteiger partial charge in [-0.25, -0.2) is 4.98 Å². The number of ether oxygens (including phenoxy) is 1. The van der Waals surface area contributed by atoms with E-state index in [0.717, 1.165) is 12.5 Å². The average molecular weight is 256 g/mol. The Morgan fingerprint density at radius 2 is 2.35 bits per heavy atom. The molecule has 5 heteroatoms. The first-order valence-corrected chi connectivity index (χ1v) is 6.39. The van der Waals surface area contributed by atoms with Gasteiger partial charge in [0.05, 0.1) is 13.3 Å². The molecule has 1 saturated carbocycles. The van der Waals surface area contributed by atoms with Crippen LogP contribution in [0.5, 0.6) is 6.01 Å². The van der Waals surface area contributed by atoms with Crippen LogP contribution >= 0.6 is 11.6 Å². The highest BCUT2D eigenvalue weighted by atomic mass is 35.5. The third kappa shape index (κ3) is 3.00. The van der Waals surface area contributed by atoms with E-state index in [-0.39, 0.29) is 0 Å². The molecule has 17 heavy (non-hydrogen) atoms. The van der Waals surface area contributed by atoms with Crippen LogP contribution in [0.2, 0.25) is 5.02 Å². The maximum absolute atomic E-state index is 6.03. The van der Waals surface area contributed by atoms with E-state index in [0.29, 0.717) is 22.8 Å². The Balaban J connectivity index is 1.98. The van der Waals surface area contributed by atoms with E-state index >= 15 is 0 Å². The first-order valence-electron chi connectivity index (χ1n) is 6.01. The number of hydrogen-bond acceptors (Lipinski definition) is 4. The van der Waals surface area contributed by atoms with Crippen LogP contribution in [0.3, 0.4) is 0 Å². The molecule has 1 aliphatic rings. The largest absolute Gasteiger partial charge is 0.467 e. The lowest BCUT2D eigenvalue weighted by Crippen LogP contribution is -2.17. The van der Waals surface area contributed by atoms with Crippen molar-refractivity contribution in [3.8, 4) is 6.01 Å². The fourth-order valence-electron chi connectivity index (χ4n) is 2.33. The minimum Gasteiger partial charge on any atom is -0.467 e. The van der Waals surface area contributed by atoms with Gasteiger partial charge in [-0.15, -0.1) is 0 Å². The summed E-state index contributed by atoms with van der Waals surface area (Å²) in [6, 6.07) is 0.344. The monoisotopic (exact) mass is 255 g/mol. The summed E-state index contributed by atoms with van der Waals surface area (Å²) in [6.45, 7) is 3.22. The van der Waals surface area contributed by atoms with Crippen molar-refractivity contribution < 1.29 is 4.74 Å². The third-order valence-corrected chi connectivity index (χ3v) is 3.75. The van der Waals surface area contributed by atoms with Crippen LogP contribution in [-0.4, -0.2) is 23.6 Å². The molecule has 1 heterocycles. The third-order valence-electron chi connectivity index (χ3n) is 3.48. The maximum atomic E-state index is 6.03. The number of anilines is 1. The first kappa shape index (κ1) is 12.4. The van der Waals surface area contributed by atoms with Crippen molar-refractivity contribution in [3.63, 3.8) is 0 Å². The van der Waals surface area contributed by atoms with Gasteiger partial charge >= 0.3 is 6.01 Å². The van der Waals surface area contributed by atoms with Gasteiger partial charge in [-0.3, -0.25) is 0 Å². The van der Waals surface area contributed by atoms with Gasteiger partial charge in [0.2, 0.25) is 0 Å². The summed E-state index contributed by atoms with van der Waals surface area (Å²) in [5.74, 6) is 2.16. The van der Waals surface area contributed by atoms with Crippen molar-refractivity contribution in [1.82, 2.24) is 9.97 Å². The van der Waals surface area contributed by atoms with Gasteiger partial charge < -0.3 is 10.1 Å². The standard InChI is InChI=1S/C12H18ClN3O/c1-8-4-3-5-9(8)6-14-11-10(13)7-15-12(16-11)17-2/h7-9H,3-6H2,1-2H3,(H,14,15,16). The van der Waals surface area contributed by atoms with Gasteiger partial charge in [-0.1, -0.05) is 31.4 Å². The maximum Gasteiger partial charge on any atom is 0.318 e. The normalized spacial score (nSPS) is 23.7. The van der Waals surface area contributed by atoms with E-state index in [1.807, 2.05) is 0 Å². The molecule has 1 aliphatic carbocycles. The molecular formula is C12H18ClN3O. The molecule has 0 spiro atoms. The van der Waals surface area contributed by atoms with Crippen molar-refractivity contribution in [1.29, 1.82) is 0 Å². The van der Waals surface area contributed by atoms with Gasteiger partial charge in [0.1, 0.15) is 5.02 Å². The first-order chi connectivity index (χ1) is 8.20. The lowest BCUT2D eigenvalue weighted by atomic mass is 9.98. The van der Waals surface area contributed by atoms with Crippen LogP contribution in [0.1, 0.15) is 26.2 Å². The minimum atomic E-state index is 0.344. The quantitative estimate of drug-likeness (QED) is 0.899. The number of nitrogens with one attached hydrogen (secondary N) is 1. The molecular weight excluding hydrogens is 238 g/mol. The lowest BCUT2D eigenvalue weighted by molar-refractivity contribution is 0.380. The second-order valence-electron chi connectivity index (χ2n) is 4.60. The molecule has 0 bridgehead atoms. The van der Waals surface area contributed by atoms with Crippen molar-refractivity contribution in [2.45, 2.75) is 26.2 Å². The van der Waals surface area contributed by atoms with Gasteiger partial charge in [0, 0.05) is 6.54 Å². The van der Waals surface area contributed by atoms with E-state index in [2.05, 4.69) is 22.2 Å². The molecule has 1 aromatic heterocycles. The number of hydrogen-bond donors (Lipinski definition) is 1. The highest BCUT2D eigenvalue weighted by Gasteiger charge is 2.23. The molecule has 4 nitrogen and oxygen atoms in total. The van der Waals surface area contributed by atoms with E-state index < -0.39 is 0 Å². The Morgan fingerprint density at radius 3 is 3.00 bits per heavy atom. The van der Waals surface area contributed by atoms with Crippen LogP contribution in [0, 0.1) is 11.8 Å². The summed E-state index contributed by atoms with van der Waals surface area (Å²) in [4.78, 5) is 8.15. The molecule has 1 N–H and O–H groups in total. The Labute approximate surface area is 107 Å². The number of rotatable bonds is 4. The summed E-state index contributed by atoms with van der Waals surface area (Å²) < 4.78 is 4.98. The average Bonchev–Trinajstić information content (AvgIpc) is 2.74. The highest BCUT2D eigenvalue weighted by Crippen LogP contribution is 2.31. The summed E-state index contributed by atoms with van der Waals surface area (Å²) in [7, 11) is 1.55. The zero-order valence-electron chi connectivity index (χ0n) is 10.2. The molecule has 0 aromatic carbocycles. The molecule has 0 radical (unpaired) electrons. The number of nitrogens with zero attached hydrogens (tertiary/aromatic N) is 2. The molecule has 0 amide bonds. The predicted molar refractivity (Wildman–Crippen MR) is 68.6 cm³/mol. The molecule has 0 aliphatic heterocycles. The van der Waals surface area contributed by atoms with Gasteiger partial charge in [-0.05, 0) is 18.3 Å². The lowest BCUT2D eigenvalue weighted by Gasteiger charge is -2.16. The SMILES string of the molecule is COc1ncc(Cl)c(NCC2CCCC2C)n1. The summed E-state index contributed by atoms with van der Waals surface area (Å²) >= 11 is 6.03. The molecule has 1 aromatic rings. The van der Waals surface area contributed by atoms with Gasteiger partial charge in [0.15, 0.2) is 5.82 Å². The zero-order chi connectivity index (χ0) is 12.3. The predicted octanol–water partition coefficient (Wildman–Crippen LogP) is 2.99. The Hall–Kier alpha value is -1.03. The van der Waals surface area contributed by atoms with Crippen molar-refractivity contribution in [2.75, 3.05) is 19.0 Å². The number of aromatic nitrogens is 2. The molecule has 0 saturated heterocycles. The van der Waals surface area contributed by atoms with E-state index in [4.69, 9.17) is 16.3 Å². The second-order valence-corrected chi connectivity index (χ2v) is 5.01. The topological polar surface area (TPSA) is 47.0 Å². The molecule has 1 fully saturated rings. The van der Waals surface area contributed by atoms with Gasteiger partial charge in [-0.2, -0.15) is 4.98 Å². The summed E-state index contributed by atoms with van der Waals surface area (Å²) in [5.41, 5.74) is 0. The smallest absolute Gasteiger partial charge is 0.318 e. The summed E-state index contributed by atoms with van der Waals surface area (Å²) in [6.07, 6.45) is 5.50.